The van der Waals surface area contributed by atoms with E-state index in [2.05, 4.69) is 4.90 Å². The van der Waals surface area contributed by atoms with Gasteiger partial charge in [0.05, 0.1) is 12.6 Å². The minimum Gasteiger partial charge on any atom is -0.381 e. The number of carbonyl (C=O) groups excluding carboxylic acids is 1. The first kappa shape index (κ1) is 12.8. The summed E-state index contributed by atoms with van der Waals surface area (Å²) in [5.41, 5.74) is 5.79. The zero-order valence-corrected chi connectivity index (χ0v) is 10.6. The standard InChI is InChI=1S/C12H23N3O2/c1-17-11-3-6-15(10(7-11)8-13)9-12(16)14-4-2-5-14/h10-11H,2-9,13H2,1H3. The second-order valence-corrected chi connectivity index (χ2v) is 4.98. The van der Waals surface area contributed by atoms with Crippen LogP contribution in [0.2, 0.25) is 0 Å². The lowest BCUT2D eigenvalue weighted by Gasteiger charge is -2.40. The summed E-state index contributed by atoms with van der Waals surface area (Å²) in [7, 11) is 1.75. The first-order valence-corrected chi connectivity index (χ1v) is 6.49. The summed E-state index contributed by atoms with van der Waals surface area (Å²) in [5.74, 6) is 0.255. The van der Waals surface area contributed by atoms with Crippen LogP contribution < -0.4 is 5.73 Å². The van der Waals surface area contributed by atoms with Gasteiger partial charge in [-0.3, -0.25) is 9.69 Å². The van der Waals surface area contributed by atoms with Gasteiger partial charge in [-0.15, -0.1) is 0 Å². The third-order valence-electron chi connectivity index (χ3n) is 3.94. The van der Waals surface area contributed by atoms with Gasteiger partial charge >= 0.3 is 0 Å². The maximum atomic E-state index is 11.9. The summed E-state index contributed by atoms with van der Waals surface area (Å²) in [6.07, 6.45) is 3.40. The molecule has 2 fully saturated rings. The number of hydrogen-bond donors (Lipinski definition) is 1. The predicted molar refractivity (Wildman–Crippen MR) is 65.6 cm³/mol. The largest absolute Gasteiger partial charge is 0.381 e. The van der Waals surface area contributed by atoms with E-state index in [-0.39, 0.29) is 5.91 Å². The molecule has 1 amide bonds. The molecule has 2 saturated heterocycles. The Kier molecular flexibility index (Phi) is 4.36. The van der Waals surface area contributed by atoms with Gasteiger partial charge in [-0.25, -0.2) is 0 Å². The van der Waals surface area contributed by atoms with Crippen LogP contribution in [-0.4, -0.2) is 67.7 Å². The van der Waals surface area contributed by atoms with Crippen molar-refractivity contribution in [3.05, 3.63) is 0 Å². The van der Waals surface area contributed by atoms with Crippen molar-refractivity contribution in [1.82, 2.24) is 9.80 Å². The molecule has 0 aromatic carbocycles. The van der Waals surface area contributed by atoms with Crippen LogP contribution in [0.15, 0.2) is 0 Å². The Morgan fingerprint density at radius 3 is 2.71 bits per heavy atom. The van der Waals surface area contributed by atoms with Crippen LogP contribution in [0, 0.1) is 0 Å². The molecule has 5 nitrogen and oxygen atoms in total. The number of rotatable bonds is 4. The Hall–Kier alpha value is -0.650. The van der Waals surface area contributed by atoms with Gasteiger partial charge in [0.25, 0.3) is 0 Å². The molecule has 0 aromatic rings. The summed E-state index contributed by atoms with van der Waals surface area (Å²) in [6, 6.07) is 0.291. The zero-order valence-electron chi connectivity index (χ0n) is 10.6. The van der Waals surface area contributed by atoms with Crippen LogP contribution >= 0.6 is 0 Å². The molecule has 2 aliphatic heterocycles. The van der Waals surface area contributed by atoms with Gasteiger partial charge in [-0.2, -0.15) is 0 Å². The van der Waals surface area contributed by atoms with Crippen LogP contribution in [0.5, 0.6) is 0 Å². The molecular formula is C12H23N3O2. The van der Waals surface area contributed by atoms with Crippen LogP contribution in [0.4, 0.5) is 0 Å². The Balaban J connectivity index is 1.84. The van der Waals surface area contributed by atoms with E-state index in [1.54, 1.807) is 7.11 Å². The average molecular weight is 241 g/mol. The molecule has 5 heteroatoms. The topological polar surface area (TPSA) is 58.8 Å². The molecule has 0 radical (unpaired) electrons. The van der Waals surface area contributed by atoms with Gasteiger partial charge in [0, 0.05) is 39.3 Å². The molecule has 17 heavy (non-hydrogen) atoms. The molecule has 0 bridgehead atoms. The van der Waals surface area contributed by atoms with Gasteiger partial charge in [0.1, 0.15) is 0 Å². The molecule has 2 N–H and O–H groups in total. The molecule has 2 heterocycles. The number of methoxy groups -OCH3 is 1. The fourth-order valence-electron chi connectivity index (χ4n) is 2.57. The fraction of sp³-hybridized carbons (Fsp3) is 0.917. The van der Waals surface area contributed by atoms with Crippen LogP contribution in [0.1, 0.15) is 19.3 Å². The molecule has 0 saturated carbocycles. The number of hydrogen-bond acceptors (Lipinski definition) is 4. The van der Waals surface area contributed by atoms with Gasteiger partial charge in [0.2, 0.25) is 5.91 Å². The molecule has 2 atom stereocenters. The highest BCUT2D eigenvalue weighted by atomic mass is 16.5. The first-order valence-electron chi connectivity index (χ1n) is 6.49. The number of likely N-dealkylation sites (tertiary alicyclic amines) is 2. The van der Waals surface area contributed by atoms with E-state index in [1.165, 1.54) is 0 Å². The first-order chi connectivity index (χ1) is 8.24. The van der Waals surface area contributed by atoms with E-state index in [0.717, 1.165) is 38.9 Å². The number of amides is 1. The Morgan fingerprint density at radius 2 is 2.18 bits per heavy atom. The maximum Gasteiger partial charge on any atom is 0.236 e. The second kappa shape index (κ2) is 5.80. The zero-order chi connectivity index (χ0) is 12.3. The molecule has 0 aliphatic carbocycles. The highest BCUT2D eigenvalue weighted by Gasteiger charge is 2.30. The summed E-state index contributed by atoms with van der Waals surface area (Å²) in [6.45, 7) is 3.91. The Bertz CT molecular complexity index is 268. The van der Waals surface area contributed by atoms with Crippen LogP contribution in [0.3, 0.4) is 0 Å². The van der Waals surface area contributed by atoms with E-state index >= 15 is 0 Å². The highest BCUT2D eigenvalue weighted by molar-refractivity contribution is 5.79. The van der Waals surface area contributed by atoms with Crippen LogP contribution in [0.25, 0.3) is 0 Å². The number of nitrogens with zero attached hydrogens (tertiary/aromatic N) is 2. The lowest BCUT2D eigenvalue weighted by atomic mass is 9.99. The van der Waals surface area contributed by atoms with E-state index in [0.29, 0.717) is 25.2 Å². The van der Waals surface area contributed by atoms with Crippen LogP contribution in [-0.2, 0) is 9.53 Å². The van der Waals surface area contributed by atoms with Crippen molar-refractivity contribution >= 4 is 5.91 Å². The molecule has 0 spiro atoms. The van der Waals surface area contributed by atoms with Crippen molar-refractivity contribution in [1.29, 1.82) is 0 Å². The van der Waals surface area contributed by atoms with Crippen molar-refractivity contribution in [2.75, 3.05) is 39.8 Å². The number of ether oxygens (including phenoxy) is 1. The summed E-state index contributed by atoms with van der Waals surface area (Å²) < 4.78 is 5.38. The lowest BCUT2D eigenvalue weighted by molar-refractivity contribution is -0.137. The Morgan fingerprint density at radius 1 is 1.41 bits per heavy atom. The lowest BCUT2D eigenvalue weighted by Crippen LogP contribution is -2.54. The van der Waals surface area contributed by atoms with Gasteiger partial charge < -0.3 is 15.4 Å². The SMILES string of the molecule is COC1CCN(CC(=O)N2CCC2)C(CN)C1. The van der Waals surface area contributed by atoms with Crippen molar-refractivity contribution in [3.8, 4) is 0 Å². The summed E-state index contributed by atoms with van der Waals surface area (Å²) >= 11 is 0. The Labute approximate surface area is 103 Å². The van der Waals surface area contributed by atoms with E-state index < -0.39 is 0 Å². The van der Waals surface area contributed by atoms with E-state index in [4.69, 9.17) is 10.5 Å². The molecule has 2 rings (SSSR count). The van der Waals surface area contributed by atoms with Gasteiger partial charge in [-0.05, 0) is 19.3 Å². The van der Waals surface area contributed by atoms with Gasteiger partial charge in [-0.1, -0.05) is 0 Å². The van der Waals surface area contributed by atoms with E-state index in [1.807, 2.05) is 4.90 Å². The predicted octanol–water partition coefficient (Wildman–Crippen LogP) is -0.343. The molecule has 2 aliphatic rings. The highest BCUT2D eigenvalue weighted by Crippen LogP contribution is 2.19. The van der Waals surface area contributed by atoms with Crippen molar-refractivity contribution in [2.45, 2.75) is 31.4 Å². The molecule has 98 valence electrons. The molecule has 2 unspecified atom stereocenters. The summed E-state index contributed by atoms with van der Waals surface area (Å²) in [4.78, 5) is 16.1. The third-order valence-corrected chi connectivity index (χ3v) is 3.94. The van der Waals surface area contributed by atoms with Crippen molar-refractivity contribution in [2.24, 2.45) is 5.73 Å². The third kappa shape index (κ3) is 2.97. The molecule has 0 aromatic heterocycles. The summed E-state index contributed by atoms with van der Waals surface area (Å²) in [5, 5.41) is 0. The number of carbonyl (C=O) groups is 1. The quantitative estimate of drug-likeness (QED) is 0.731. The fourth-order valence-corrected chi connectivity index (χ4v) is 2.57. The average Bonchev–Trinajstić information content (AvgIpc) is 2.27. The van der Waals surface area contributed by atoms with Crippen molar-refractivity contribution in [3.63, 3.8) is 0 Å². The smallest absolute Gasteiger partial charge is 0.236 e. The minimum absolute atomic E-state index is 0.255. The minimum atomic E-state index is 0.255. The maximum absolute atomic E-state index is 11.9. The van der Waals surface area contributed by atoms with Gasteiger partial charge in [0.15, 0.2) is 0 Å². The second-order valence-electron chi connectivity index (χ2n) is 4.98. The molecular weight excluding hydrogens is 218 g/mol. The van der Waals surface area contributed by atoms with Crippen molar-refractivity contribution < 1.29 is 9.53 Å². The normalized spacial score (nSPS) is 30.1. The monoisotopic (exact) mass is 241 g/mol. The number of piperidine rings is 1. The number of nitrogens with two attached hydrogens (primary N) is 1. The van der Waals surface area contributed by atoms with E-state index in [9.17, 15) is 4.79 Å².